The van der Waals surface area contributed by atoms with E-state index >= 15 is 0 Å². The predicted octanol–water partition coefficient (Wildman–Crippen LogP) is 4.92. The molecule has 0 atom stereocenters. The molecule has 1 aromatic heterocycles. The number of nitrogens with zero attached hydrogens (tertiary/aromatic N) is 2. The molecule has 0 unspecified atom stereocenters. The van der Waals surface area contributed by atoms with E-state index in [1.165, 1.54) is 6.07 Å². The Morgan fingerprint density at radius 2 is 1.89 bits per heavy atom. The van der Waals surface area contributed by atoms with Crippen molar-refractivity contribution in [2.45, 2.75) is 12.6 Å². The normalized spacial score (nSPS) is 16.2. The highest BCUT2D eigenvalue weighted by Gasteiger charge is 2.33. The molecule has 2 heterocycles. The van der Waals surface area contributed by atoms with Gasteiger partial charge in [-0.25, -0.2) is 4.98 Å². The summed E-state index contributed by atoms with van der Waals surface area (Å²) in [6.45, 7) is 2.21. The zero-order valence-electron chi connectivity index (χ0n) is 20.3. The maximum Gasteiger partial charge on any atom is 0.432 e. The average molecular weight is 549 g/mol. The van der Waals surface area contributed by atoms with Gasteiger partial charge in [-0.1, -0.05) is 24.1 Å². The van der Waals surface area contributed by atoms with Gasteiger partial charge in [-0.05, 0) is 36.8 Å². The van der Waals surface area contributed by atoms with Crippen molar-refractivity contribution in [3.8, 4) is 29.0 Å². The van der Waals surface area contributed by atoms with Crippen LogP contribution in [-0.2, 0) is 11.0 Å². The molecular formula is C26H27F3N4O4S. The molecule has 1 aliphatic heterocycles. The zero-order chi connectivity index (χ0) is 27.2. The Labute approximate surface area is 219 Å². The number of aromatic amines is 1. The first-order valence-corrected chi connectivity index (χ1v) is 13.7. The van der Waals surface area contributed by atoms with Crippen LogP contribution in [0.25, 0.3) is 11.4 Å². The summed E-state index contributed by atoms with van der Waals surface area (Å²) >= 11 is 0. The molecule has 4 N–H and O–H groups in total. The van der Waals surface area contributed by atoms with Crippen LogP contribution in [0, 0.1) is 11.8 Å². The molecule has 1 saturated heterocycles. The molecular weight excluding hydrogens is 521 g/mol. The lowest BCUT2D eigenvalue weighted by Crippen LogP contribution is -2.39. The Balaban J connectivity index is 1.46. The first-order chi connectivity index (χ1) is 18.1. The number of benzene rings is 2. The molecule has 0 saturated carbocycles. The van der Waals surface area contributed by atoms with Crippen LogP contribution >= 0.6 is 10.6 Å². The number of amides is 1. The van der Waals surface area contributed by atoms with Crippen LogP contribution in [0.5, 0.6) is 5.75 Å². The highest BCUT2D eigenvalue weighted by molar-refractivity contribution is 8.24. The van der Waals surface area contributed by atoms with Crippen molar-refractivity contribution in [2.24, 2.45) is 0 Å². The largest absolute Gasteiger partial charge is 0.491 e. The Morgan fingerprint density at radius 3 is 2.58 bits per heavy atom. The summed E-state index contributed by atoms with van der Waals surface area (Å²) in [4.78, 5) is 20.8. The molecule has 4 rings (SSSR count). The second kappa shape index (κ2) is 11.9. The molecule has 0 radical (unpaired) electrons. The van der Waals surface area contributed by atoms with Crippen molar-refractivity contribution in [3.05, 3.63) is 66.0 Å². The first-order valence-electron chi connectivity index (χ1n) is 11.8. The van der Waals surface area contributed by atoms with Crippen LogP contribution in [0.3, 0.4) is 0 Å². The minimum atomic E-state index is -4.57. The molecule has 0 aliphatic carbocycles. The van der Waals surface area contributed by atoms with E-state index in [4.69, 9.17) is 4.74 Å². The second-order valence-electron chi connectivity index (χ2n) is 8.68. The van der Waals surface area contributed by atoms with Crippen molar-refractivity contribution < 1.29 is 31.8 Å². The topological polar surface area (TPSA) is 111 Å². The second-order valence-corrected chi connectivity index (χ2v) is 11.1. The van der Waals surface area contributed by atoms with E-state index in [-0.39, 0.29) is 11.5 Å². The lowest BCUT2D eigenvalue weighted by atomic mass is 10.1. The van der Waals surface area contributed by atoms with Crippen molar-refractivity contribution in [1.82, 2.24) is 14.9 Å². The standard InChI is InChI=1S/C26H27F3N4O4S/c27-26(28,29)23-18-30-25(32-23)20-8-9-22(37-14-4-11-33-12-15-38(35,36)16-13-33)21(17-20)31-24(34)10-7-19-5-2-1-3-6-19/h1-3,5-6,8-9,17-18,35-36H,4,11-16H2,(H,30,32)(H,31,34). The Kier molecular flexibility index (Phi) is 8.63. The Morgan fingerprint density at radius 1 is 1.16 bits per heavy atom. The predicted molar refractivity (Wildman–Crippen MR) is 140 cm³/mol. The molecule has 2 aromatic carbocycles. The fourth-order valence-corrected chi connectivity index (χ4v) is 5.08. The van der Waals surface area contributed by atoms with Crippen LogP contribution in [-0.4, -0.2) is 67.6 Å². The summed E-state index contributed by atoms with van der Waals surface area (Å²) in [7, 11) is -2.46. The Hall–Kier alpha value is -3.50. The highest BCUT2D eigenvalue weighted by Crippen LogP contribution is 2.40. The monoisotopic (exact) mass is 548 g/mol. The van der Waals surface area contributed by atoms with Gasteiger partial charge in [0.25, 0.3) is 0 Å². The summed E-state index contributed by atoms with van der Waals surface area (Å²) < 4.78 is 64.4. The number of H-pyrrole nitrogens is 1. The quantitative estimate of drug-likeness (QED) is 0.246. The van der Waals surface area contributed by atoms with Gasteiger partial charge in [0.1, 0.15) is 17.3 Å². The van der Waals surface area contributed by atoms with Crippen molar-refractivity contribution >= 4 is 22.2 Å². The van der Waals surface area contributed by atoms with E-state index in [0.29, 0.717) is 67.2 Å². The molecule has 202 valence electrons. The molecule has 3 aromatic rings. The van der Waals surface area contributed by atoms with E-state index in [1.54, 1.807) is 36.4 Å². The van der Waals surface area contributed by atoms with Gasteiger partial charge in [0, 0.05) is 36.7 Å². The maximum absolute atomic E-state index is 13.0. The van der Waals surface area contributed by atoms with Gasteiger partial charge >= 0.3 is 12.1 Å². The summed E-state index contributed by atoms with van der Waals surface area (Å²) in [5.74, 6) is 5.69. The number of rotatable bonds is 7. The molecule has 12 heteroatoms. The van der Waals surface area contributed by atoms with Gasteiger partial charge in [0.15, 0.2) is 0 Å². The number of nitrogens with one attached hydrogen (secondary N) is 2. The van der Waals surface area contributed by atoms with Gasteiger partial charge in [-0.3, -0.25) is 13.9 Å². The van der Waals surface area contributed by atoms with Gasteiger partial charge < -0.3 is 19.9 Å². The maximum atomic E-state index is 13.0. The number of carbonyl (C=O) groups is 1. The average Bonchev–Trinajstić information content (AvgIpc) is 3.39. The molecule has 0 spiro atoms. The third kappa shape index (κ3) is 7.75. The number of hydrogen-bond donors (Lipinski definition) is 4. The smallest absolute Gasteiger partial charge is 0.432 e. The van der Waals surface area contributed by atoms with Crippen molar-refractivity contribution in [2.75, 3.05) is 43.1 Å². The van der Waals surface area contributed by atoms with E-state index < -0.39 is 28.4 Å². The number of alkyl halides is 3. The number of imidazole rings is 1. The third-order valence-electron chi connectivity index (χ3n) is 5.82. The van der Waals surface area contributed by atoms with Gasteiger partial charge in [0.05, 0.1) is 30.0 Å². The van der Waals surface area contributed by atoms with Crippen LogP contribution < -0.4 is 10.1 Å². The molecule has 1 aliphatic rings. The number of carbonyl (C=O) groups excluding carboxylic acids is 1. The van der Waals surface area contributed by atoms with Crippen LogP contribution in [0.15, 0.2) is 54.7 Å². The molecule has 1 fully saturated rings. The SMILES string of the molecule is O=C(C#Cc1ccccc1)Nc1cc(-c2ncc(C(F)(F)F)[nH]2)ccc1OCCCN1CCS(O)(O)CC1. The molecule has 38 heavy (non-hydrogen) atoms. The van der Waals surface area contributed by atoms with Gasteiger partial charge in [-0.15, -0.1) is 0 Å². The summed E-state index contributed by atoms with van der Waals surface area (Å²) in [5, 5.41) is 2.66. The van der Waals surface area contributed by atoms with Gasteiger partial charge in [0.2, 0.25) is 0 Å². The third-order valence-corrected chi connectivity index (χ3v) is 7.49. The van der Waals surface area contributed by atoms with E-state index in [1.807, 2.05) is 6.07 Å². The van der Waals surface area contributed by atoms with Crippen LogP contribution in [0.2, 0.25) is 0 Å². The number of ether oxygens (including phenoxy) is 1. The minimum Gasteiger partial charge on any atom is -0.491 e. The lowest BCUT2D eigenvalue weighted by Gasteiger charge is -2.40. The molecule has 0 bridgehead atoms. The fourth-order valence-electron chi connectivity index (χ4n) is 3.78. The lowest BCUT2D eigenvalue weighted by molar-refractivity contribution is -0.140. The van der Waals surface area contributed by atoms with Crippen molar-refractivity contribution in [3.63, 3.8) is 0 Å². The minimum absolute atomic E-state index is 0.00850. The molecule has 1 amide bonds. The summed E-state index contributed by atoms with van der Waals surface area (Å²) in [6, 6.07) is 13.5. The van der Waals surface area contributed by atoms with E-state index in [2.05, 4.69) is 32.0 Å². The number of halogens is 3. The van der Waals surface area contributed by atoms with E-state index in [9.17, 15) is 27.1 Å². The van der Waals surface area contributed by atoms with Gasteiger partial charge in [-0.2, -0.15) is 23.8 Å². The molecule has 8 nitrogen and oxygen atoms in total. The number of hydrogen-bond acceptors (Lipinski definition) is 6. The summed E-state index contributed by atoms with van der Waals surface area (Å²) in [5.41, 5.74) is 0.242. The fraction of sp³-hybridized carbons (Fsp3) is 0.308. The highest BCUT2D eigenvalue weighted by atomic mass is 32.3. The number of aromatic nitrogens is 2. The first kappa shape index (κ1) is 27.5. The van der Waals surface area contributed by atoms with Crippen molar-refractivity contribution in [1.29, 1.82) is 0 Å². The number of anilines is 1. The zero-order valence-corrected chi connectivity index (χ0v) is 21.1. The Bertz CT molecular complexity index is 1310. The van der Waals surface area contributed by atoms with E-state index in [0.717, 1.165) is 0 Å². The van der Waals surface area contributed by atoms with Crippen LogP contribution in [0.1, 0.15) is 17.7 Å². The van der Waals surface area contributed by atoms with Crippen LogP contribution in [0.4, 0.5) is 18.9 Å². The summed E-state index contributed by atoms with van der Waals surface area (Å²) in [6.07, 6.45) is -3.21.